The van der Waals surface area contributed by atoms with Crippen LogP contribution in [0, 0.1) is 18.6 Å². The maximum atomic E-state index is 13.5. The molecule has 0 radical (unpaired) electrons. The minimum Gasteiger partial charge on any atom is -0.207 e. The van der Waals surface area contributed by atoms with E-state index in [-0.39, 0.29) is 10.4 Å². The lowest BCUT2D eigenvalue weighted by atomic mass is 10.1. The van der Waals surface area contributed by atoms with Crippen LogP contribution >= 0.6 is 27.3 Å². The molecule has 0 spiro atoms. The van der Waals surface area contributed by atoms with E-state index in [9.17, 15) is 8.78 Å². The van der Waals surface area contributed by atoms with Crippen molar-refractivity contribution in [1.82, 2.24) is 0 Å². The summed E-state index contributed by atoms with van der Waals surface area (Å²) in [5.41, 5.74) is 0.139. The second-order valence-electron chi connectivity index (χ2n) is 3.82. The summed E-state index contributed by atoms with van der Waals surface area (Å²) in [6.45, 7) is 2.01. The number of benzene rings is 1. The Kier molecular flexibility index (Phi) is 3.94. The van der Waals surface area contributed by atoms with Crippen molar-refractivity contribution in [3.05, 3.63) is 57.3 Å². The van der Waals surface area contributed by atoms with Crippen LogP contribution in [0.25, 0.3) is 0 Å². The highest BCUT2D eigenvalue weighted by Gasteiger charge is 2.16. The third-order valence-corrected chi connectivity index (χ3v) is 4.75. The van der Waals surface area contributed by atoms with E-state index >= 15 is 0 Å². The van der Waals surface area contributed by atoms with Crippen LogP contribution in [0.3, 0.4) is 0 Å². The predicted molar refractivity (Wildman–Crippen MR) is 70.8 cm³/mol. The first-order valence-corrected chi connectivity index (χ1v) is 6.94. The molecule has 0 amide bonds. The van der Waals surface area contributed by atoms with Gasteiger partial charge in [0.15, 0.2) is 0 Å². The number of alkyl halides is 1. The van der Waals surface area contributed by atoms with Gasteiger partial charge in [0.05, 0.1) is 4.83 Å². The first-order chi connectivity index (χ1) is 8.08. The number of rotatable bonds is 3. The molecular weight excluding hydrogens is 306 g/mol. The second-order valence-corrected chi connectivity index (χ2v) is 6.25. The van der Waals surface area contributed by atoms with Crippen molar-refractivity contribution in [3.63, 3.8) is 0 Å². The maximum absolute atomic E-state index is 13.5. The Hall–Kier alpha value is -0.740. The van der Waals surface area contributed by atoms with Crippen LogP contribution in [-0.2, 0) is 6.42 Å². The quantitative estimate of drug-likeness (QED) is 0.698. The van der Waals surface area contributed by atoms with Gasteiger partial charge in [0, 0.05) is 15.3 Å². The molecule has 0 fully saturated rings. The topological polar surface area (TPSA) is 0 Å². The van der Waals surface area contributed by atoms with Gasteiger partial charge in [0.25, 0.3) is 0 Å². The SMILES string of the molecule is Cc1ccc(C(Br)Cc2c(F)cccc2F)s1. The average Bonchev–Trinajstić information content (AvgIpc) is 2.70. The van der Waals surface area contributed by atoms with Gasteiger partial charge in [0.1, 0.15) is 11.6 Å². The molecule has 17 heavy (non-hydrogen) atoms. The van der Waals surface area contributed by atoms with E-state index in [1.54, 1.807) is 11.3 Å². The Balaban J connectivity index is 2.21. The standard InChI is InChI=1S/C13H11BrF2S/c1-8-5-6-13(17-8)10(14)7-9-11(15)3-2-4-12(9)16/h2-6,10H,7H2,1H3. The lowest BCUT2D eigenvalue weighted by Gasteiger charge is -2.09. The van der Waals surface area contributed by atoms with Gasteiger partial charge in [-0.3, -0.25) is 0 Å². The summed E-state index contributed by atoms with van der Waals surface area (Å²) in [6.07, 6.45) is 0.318. The maximum Gasteiger partial charge on any atom is 0.129 e. The summed E-state index contributed by atoms with van der Waals surface area (Å²) in [6, 6.07) is 7.95. The zero-order valence-electron chi connectivity index (χ0n) is 9.21. The number of hydrogen-bond donors (Lipinski definition) is 0. The molecule has 0 aliphatic heterocycles. The van der Waals surface area contributed by atoms with E-state index in [2.05, 4.69) is 15.9 Å². The summed E-state index contributed by atoms with van der Waals surface area (Å²) in [4.78, 5) is 2.23. The third kappa shape index (κ3) is 2.93. The van der Waals surface area contributed by atoms with Crippen LogP contribution in [0.2, 0.25) is 0 Å². The number of halogens is 3. The van der Waals surface area contributed by atoms with E-state index in [1.807, 2.05) is 19.1 Å². The Morgan fingerprint density at radius 2 is 1.82 bits per heavy atom. The molecule has 1 unspecified atom stereocenters. The first-order valence-electron chi connectivity index (χ1n) is 5.21. The fourth-order valence-corrected chi connectivity index (χ4v) is 3.24. The zero-order valence-corrected chi connectivity index (χ0v) is 11.6. The van der Waals surface area contributed by atoms with Gasteiger partial charge in [-0.05, 0) is 37.6 Å². The molecule has 2 aromatic rings. The molecule has 1 atom stereocenters. The molecule has 0 nitrogen and oxygen atoms in total. The van der Waals surface area contributed by atoms with E-state index in [4.69, 9.17) is 0 Å². The van der Waals surface area contributed by atoms with Crippen LogP contribution < -0.4 is 0 Å². The number of hydrogen-bond acceptors (Lipinski definition) is 1. The Labute approximate surface area is 111 Å². The molecule has 4 heteroatoms. The number of thiophene rings is 1. The molecule has 1 aromatic carbocycles. The predicted octanol–water partition coefficient (Wildman–Crippen LogP) is 5.01. The van der Waals surface area contributed by atoms with Crippen molar-refractivity contribution in [2.24, 2.45) is 0 Å². The Bertz CT molecular complexity index is 502. The van der Waals surface area contributed by atoms with Crippen molar-refractivity contribution in [3.8, 4) is 0 Å². The molecule has 0 aliphatic carbocycles. The van der Waals surface area contributed by atoms with Gasteiger partial charge in [-0.25, -0.2) is 8.78 Å². The van der Waals surface area contributed by atoms with Gasteiger partial charge in [-0.1, -0.05) is 22.0 Å². The molecule has 2 rings (SSSR count). The van der Waals surface area contributed by atoms with Crippen LogP contribution in [-0.4, -0.2) is 0 Å². The Morgan fingerprint density at radius 1 is 1.18 bits per heavy atom. The van der Waals surface area contributed by atoms with Gasteiger partial charge in [-0.15, -0.1) is 11.3 Å². The zero-order chi connectivity index (χ0) is 12.4. The van der Waals surface area contributed by atoms with Crippen molar-refractivity contribution in [2.45, 2.75) is 18.2 Å². The second kappa shape index (κ2) is 5.27. The number of aryl methyl sites for hydroxylation is 1. The molecular formula is C13H11BrF2S. The highest BCUT2D eigenvalue weighted by Crippen LogP contribution is 2.33. The van der Waals surface area contributed by atoms with Crippen molar-refractivity contribution >= 4 is 27.3 Å². The van der Waals surface area contributed by atoms with E-state index < -0.39 is 11.6 Å². The van der Waals surface area contributed by atoms with Crippen LogP contribution in [0.4, 0.5) is 8.78 Å². The summed E-state index contributed by atoms with van der Waals surface area (Å²) in [5.74, 6) is -0.967. The van der Waals surface area contributed by atoms with E-state index in [1.165, 1.54) is 23.1 Å². The normalized spacial score (nSPS) is 12.7. The summed E-state index contributed by atoms with van der Waals surface area (Å²) < 4.78 is 26.9. The molecule has 0 saturated carbocycles. The molecule has 0 aliphatic rings. The van der Waals surface area contributed by atoms with Gasteiger partial charge >= 0.3 is 0 Å². The van der Waals surface area contributed by atoms with Crippen molar-refractivity contribution in [2.75, 3.05) is 0 Å². The largest absolute Gasteiger partial charge is 0.207 e. The van der Waals surface area contributed by atoms with Gasteiger partial charge < -0.3 is 0 Å². The lowest BCUT2D eigenvalue weighted by molar-refractivity contribution is 0.554. The van der Waals surface area contributed by atoms with E-state index in [0.717, 1.165) is 4.88 Å². The summed E-state index contributed by atoms with van der Waals surface area (Å²) >= 11 is 5.12. The van der Waals surface area contributed by atoms with Crippen molar-refractivity contribution in [1.29, 1.82) is 0 Å². The Morgan fingerprint density at radius 3 is 2.35 bits per heavy atom. The van der Waals surface area contributed by atoms with Crippen LogP contribution in [0.1, 0.15) is 20.1 Å². The summed E-state index contributed by atoms with van der Waals surface area (Å²) in [7, 11) is 0. The van der Waals surface area contributed by atoms with Gasteiger partial charge in [-0.2, -0.15) is 0 Å². The molecule has 90 valence electrons. The molecule has 0 bridgehead atoms. The van der Waals surface area contributed by atoms with Crippen LogP contribution in [0.5, 0.6) is 0 Å². The average molecular weight is 317 g/mol. The molecule has 1 heterocycles. The highest BCUT2D eigenvalue weighted by atomic mass is 79.9. The minimum atomic E-state index is -0.484. The van der Waals surface area contributed by atoms with Gasteiger partial charge in [0.2, 0.25) is 0 Å². The lowest BCUT2D eigenvalue weighted by Crippen LogP contribution is -1.99. The molecule has 0 saturated heterocycles. The smallest absolute Gasteiger partial charge is 0.129 e. The molecule has 0 N–H and O–H groups in total. The fraction of sp³-hybridized carbons (Fsp3) is 0.231. The third-order valence-electron chi connectivity index (χ3n) is 2.51. The molecule has 1 aromatic heterocycles. The first kappa shape index (κ1) is 12.7. The van der Waals surface area contributed by atoms with Crippen LogP contribution in [0.15, 0.2) is 30.3 Å². The monoisotopic (exact) mass is 316 g/mol. The van der Waals surface area contributed by atoms with E-state index in [0.29, 0.717) is 6.42 Å². The minimum absolute atomic E-state index is 0.0485. The highest BCUT2D eigenvalue weighted by molar-refractivity contribution is 9.09. The fourth-order valence-electron chi connectivity index (χ4n) is 1.63. The van der Waals surface area contributed by atoms with Crippen molar-refractivity contribution < 1.29 is 8.78 Å². The summed E-state index contributed by atoms with van der Waals surface area (Å²) in [5, 5.41) is 0.